The SMILES string of the molecule is CC1(C)C(=O)C2CC2C1O. The van der Waals surface area contributed by atoms with E-state index in [4.69, 9.17) is 0 Å². The molecule has 2 aliphatic rings. The molecular weight excluding hydrogens is 128 g/mol. The van der Waals surface area contributed by atoms with Crippen molar-refractivity contribution in [2.45, 2.75) is 26.4 Å². The van der Waals surface area contributed by atoms with Gasteiger partial charge in [-0.3, -0.25) is 4.79 Å². The van der Waals surface area contributed by atoms with Gasteiger partial charge in [0.05, 0.1) is 6.10 Å². The van der Waals surface area contributed by atoms with Crippen molar-refractivity contribution in [3.05, 3.63) is 0 Å². The van der Waals surface area contributed by atoms with Gasteiger partial charge in [0.25, 0.3) is 0 Å². The topological polar surface area (TPSA) is 37.3 Å². The van der Waals surface area contributed by atoms with Crippen LogP contribution >= 0.6 is 0 Å². The lowest BCUT2D eigenvalue weighted by Crippen LogP contribution is -2.33. The molecular formula is C8H12O2. The van der Waals surface area contributed by atoms with Crippen LogP contribution in [0.3, 0.4) is 0 Å². The fraction of sp³-hybridized carbons (Fsp3) is 0.875. The summed E-state index contributed by atoms with van der Waals surface area (Å²) in [6, 6.07) is 0. The van der Waals surface area contributed by atoms with Gasteiger partial charge in [-0.1, -0.05) is 13.8 Å². The van der Waals surface area contributed by atoms with Gasteiger partial charge in [0.2, 0.25) is 0 Å². The summed E-state index contributed by atoms with van der Waals surface area (Å²) in [6.45, 7) is 3.68. The summed E-state index contributed by atoms with van der Waals surface area (Å²) in [7, 11) is 0. The van der Waals surface area contributed by atoms with Crippen LogP contribution in [0.15, 0.2) is 0 Å². The molecule has 2 saturated carbocycles. The van der Waals surface area contributed by atoms with Crippen LogP contribution in [0.2, 0.25) is 0 Å². The molecule has 0 amide bonds. The summed E-state index contributed by atoms with van der Waals surface area (Å²) in [4.78, 5) is 11.3. The minimum absolute atomic E-state index is 0.213. The van der Waals surface area contributed by atoms with Crippen molar-refractivity contribution in [1.82, 2.24) is 0 Å². The van der Waals surface area contributed by atoms with E-state index in [1.807, 2.05) is 13.8 Å². The summed E-state index contributed by atoms with van der Waals surface area (Å²) < 4.78 is 0. The molecule has 1 N–H and O–H groups in total. The van der Waals surface area contributed by atoms with E-state index in [0.717, 1.165) is 6.42 Å². The number of fused-ring (bicyclic) bond motifs is 1. The molecule has 0 radical (unpaired) electrons. The molecule has 0 aliphatic heterocycles. The van der Waals surface area contributed by atoms with Gasteiger partial charge in [-0.05, 0) is 12.3 Å². The van der Waals surface area contributed by atoms with Crippen LogP contribution in [-0.2, 0) is 4.79 Å². The second-order valence-corrected chi connectivity index (χ2v) is 4.04. The normalized spacial score (nSPS) is 49.1. The Morgan fingerprint density at radius 1 is 1.60 bits per heavy atom. The highest BCUT2D eigenvalue weighted by molar-refractivity contribution is 5.92. The highest BCUT2D eigenvalue weighted by Crippen LogP contribution is 2.56. The lowest BCUT2D eigenvalue weighted by molar-refractivity contribution is -0.129. The Morgan fingerprint density at radius 3 is 2.40 bits per heavy atom. The molecule has 0 saturated heterocycles. The van der Waals surface area contributed by atoms with Crippen LogP contribution in [0.25, 0.3) is 0 Å². The first-order valence-electron chi connectivity index (χ1n) is 3.77. The Balaban J connectivity index is 2.32. The quantitative estimate of drug-likeness (QED) is 0.534. The maximum absolute atomic E-state index is 11.3. The molecule has 10 heavy (non-hydrogen) atoms. The maximum atomic E-state index is 11.3. The van der Waals surface area contributed by atoms with Crippen molar-refractivity contribution >= 4 is 5.78 Å². The summed E-state index contributed by atoms with van der Waals surface area (Å²) >= 11 is 0. The molecule has 2 nitrogen and oxygen atoms in total. The molecule has 0 aromatic heterocycles. The van der Waals surface area contributed by atoms with Gasteiger partial charge >= 0.3 is 0 Å². The van der Waals surface area contributed by atoms with Crippen molar-refractivity contribution in [1.29, 1.82) is 0 Å². The van der Waals surface area contributed by atoms with Crippen LogP contribution in [0, 0.1) is 17.3 Å². The van der Waals surface area contributed by atoms with Crippen LogP contribution in [0.5, 0.6) is 0 Å². The fourth-order valence-electron chi connectivity index (χ4n) is 2.02. The molecule has 56 valence electrons. The number of ketones is 1. The first-order valence-corrected chi connectivity index (χ1v) is 3.77. The highest BCUT2D eigenvalue weighted by Gasteiger charge is 2.63. The summed E-state index contributed by atoms with van der Waals surface area (Å²) in [5.41, 5.74) is -0.451. The average molecular weight is 140 g/mol. The number of rotatable bonds is 0. The molecule has 2 heteroatoms. The molecule has 2 fully saturated rings. The van der Waals surface area contributed by atoms with Crippen LogP contribution in [0.4, 0.5) is 0 Å². The number of hydrogen-bond donors (Lipinski definition) is 1. The van der Waals surface area contributed by atoms with Gasteiger partial charge in [-0.25, -0.2) is 0 Å². The summed E-state index contributed by atoms with van der Waals surface area (Å²) in [5.74, 6) is 0.789. The standard InChI is InChI=1S/C8H12O2/c1-8(2)6(9)4-3-5(4)7(8)10/h4-6,9H,3H2,1-2H3. The number of Topliss-reactive ketones (excluding diaryl/α,β-unsaturated/α-hetero) is 1. The van der Waals surface area contributed by atoms with Crippen molar-refractivity contribution in [2.24, 2.45) is 17.3 Å². The molecule has 0 heterocycles. The first-order chi connectivity index (χ1) is 4.55. The van der Waals surface area contributed by atoms with Gasteiger partial charge in [-0.15, -0.1) is 0 Å². The van der Waals surface area contributed by atoms with E-state index in [-0.39, 0.29) is 17.8 Å². The number of carbonyl (C=O) groups excluding carboxylic acids is 1. The van der Waals surface area contributed by atoms with Crippen LogP contribution < -0.4 is 0 Å². The van der Waals surface area contributed by atoms with Crippen molar-refractivity contribution in [3.63, 3.8) is 0 Å². The molecule has 2 aliphatic carbocycles. The monoisotopic (exact) mass is 140 g/mol. The minimum Gasteiger partial charge on any atom is -0.392 e. The maximum Gasteiger partial charge on any atom is 0.144 e. The molecule has 0 aromatic carbocycles. The minimum atomic E-state index is -0.451. The van der Waals surface area contributed by atoms with Gasteiger partial charge < -0.3 is 5.11 Å². The predicted molar refractivity (Wildman–Crippen MR) is 36.4 cm³/mol. The molecule has 0 aromatic rings. The Kier molecular flexibility index (Phi) is 0.919. The van der Waals surface area contributed by atoms with Gasteiger partial charge in [0.1, 0.15) is 5.78 Å². The second kappa shape index (κ2) is 1.45. The van der Waals surface area contributed by atoms with Crippen LogP contribution in [-0.4, -0.2) is 17.0 Å². The fourth-order valence-corrected chi connectivity index (χ4v) is 2.02. The zero-order chi connectivity index (χ0) is 7.52. The first kappa shape index (κ1) is 6.35. The Hall–Kier alpha value is -0.370. The van der Waals surface area contributed by atoms with E-state index in [0.29, 0.717) is 5.92 Å². The van der Waals surface area contributed by atoms with E-state index in [2.05, 4.69) is 0 Å². The number of aliphatic hydroxyl groups excluding tert-OH is 1. The summed E-state index contributed by atoms with van der Waals surface area (Å²) in [5, 5.41) is 9.52. The van der Waals surface area contributed by atoms with Gasteiger partial charge in [0, 0.05) is 11.3 Å². The van der Waals surface area contributed by atoms with Crippen molar-refractivity contribution < 1.29 is 9.90 Å². The molecule has 2 rings (SSSR count). The third kappa shape index (κ3) is 0.511. The van der Waals surface area contributed by atoms with E-state index >= 15 is 0 Å². The molecule has 0 bridgehead atoms. The lowest BCUT2D eigenvalue weighted by atomic mass is 9.84. The Bertz CT molecular complexity index is 195. The predicted octanol–water partition coefficient (Wildman–Crippen LogP) is 0.592. The zero-order valence-electron chi connectivity index (χ0n) is 6.29. The molecule has 3 atom stereocenters. The van der Waals surface area contributed by atoms with Crippen LogP contribution in [0.1, 0.15) is 20.3 Å². The molecule has 3 unspecified atom stereocenters. The zero-order valence-corrected chi connectivity index (χ0v) is 6.29. The van der Waals surface area contributed by atoms with E-state index < -0.39 is 5.41 Å². The van der Waals surface area contributed by atoms with Crippen molar-refractivity contribution in [2.75, 3.05) is 0 Å². The third-order valence-electron chi connectivity index (χ3n) is 2.96. The largest absolute Gasteiger partial charge is 0.392 e. The molecule has 0 spiro atoms. The Morgan fingerprint density at radius 2 is 2.20 bits per heavy atom. The third-order valence-corrected chi connectivity index (χ3v) is 2.96. The van der Waals surface area contributed by atoms with Gasteiger partial charge in [-0.2, -0.15) is 0 Å². The van der Waals surface area contributed by atoms with E-state index in [1.54, 1.807) is 0 Å². The number of hydrogen-bond acceptors (Lipinski definition) is 2. The lowest BCUT2D eigenvalue weighted by Gasteiger charge is -2.23. The van der Waals surface area contributed by atoms with Crippen molar-refractivity contribution in [3.8, 4) is 0 Å². The van der Waals surface area contributed by atoms with Gasteiger partial charge in [0.15, 0.2) is 0 Å². The summed E-state index contributed by atoms with van der Waals surface area (Å²) in [6.07, 6.45) is 0.564. The number of aliphatic hydroxyl groups is 1. The number of carbonyl (C=O) groups is 1. The van der Waals surface area contributed by atoms with E-state index in [1.165, 1.54) is 0 Å². The highest BCUT2D eigenvalue weighted by atomic mass is 16.3. The smallest absolute Gasteiger partial charge is 0.144 e. The second-order valence-electron chi connectivity index (χ2n) is 4.04. The Labute approximate surface area is 60.2 Å². The average Bonchev–Trinajstić information content (AvgIpc) is 2.58. The van der Waals surface area contributed by atoms with E-state index in [9.17, 15) is 9.90 Å².